The lowest BCUT2D eigenvalue weighted by Crippen LogP contribution is -2.41. The first-order valence-electron chi connectivity index (χ1n) is 5.74. The lowest BCUT2D eigenvalue weighted by atomic mass is 9.76. The number of rotatable bonds is 3. The monoisotopic (exact) mass is 233 g/mol. The fourth-order valence-corrected chi connectivity index (χ4v) is 3.25. The van der Waals surface area contributed by atoms with Crippen molar-refractivity contribution in [3.05, 3.63) is 0 Å². The molecule has 0 radical (unpaired) electrons. The molecule has 3 nitrogen and oxygen atoms in total. The van der Waals surface area contributed by atoms with Gasteiger partial charge in [0.05, 0.1) is 5.75 Å². The van der Waals surface area contributed by atoms with Crippen molar-refractivity contribution in [2.24, 2.45) is 5.41 Å². The normalized spacial score (nSPS) is 23.3. The molecule has 0 aromatic carbocycles. The first-order valence-corrected chi connectivity index (χ1v) is 7.35. The van der Waals surface area contributed by atoms with E-state index < -0.39 is 10.0 Å². The Labute approximate surface area is 93.9 Å². The van der Waals surface area contributed by atoms with Crippen LogP contribution in [0, 0.1) is 5.41 Å². The largest absolute Gasteiger partial charge is 0.213 e. The Morgan fingerprint density at radius 2 is 1.73 bits per heavy atom. The summed E-state index contributed by atoms with van der Waals surface area (Å²) >= 11 is 0. The van der Waals surface area contributed by atoms with Crippen molar-refractivity contribution >= 4 is 10.0 Å². The summed E-state index contributed by atoms with van der Waals surface area (Å²) in [5.74, 6) is 0.212. The van der Waals surface area contributed by atoms with E-state index in [1.807, 2.05) is 0 Å². The molecule has 1 aliphatic carbocycles. The minimum Gasteiger partial charge on any atom is -0.212 e. The minimum absolute atomic E-state index is 0.212. The predicted molar refractivity (Wildman–Crippen MR) is 63.3 cm³/mol. The Balaban J connectivity index is 2.62. The van der Waals surface area contributed by atoms with Crippen molar-refractivity contribution in [3.63, 3.8) is 0 Å². The third kappa shape index (κ3) is 3.18. The third-order valence-electron chi connectivity index (χ3n) is 3.63. The second kappa shape index (κ2) is 4.42. The fraction of sp³-hybridized carbons (Fsp3) is 1.00. The van der Waals surface area contributed by atoms with Crippen LogP contribution < -0.4 is 0 Å². The number of sulfonamides is 1. The van der Waals surface area contributed by atoms with E-state index >= 15 is 0 Å². The summed E-state index contributed by atoms with van der Waals surface area (Å²) in [4.78, 5) is 0. The van der Waals surface area contributed by atoms with E-state index in [1.165, 1.54) is 0 Å². The highest BCUT2D eigenvalue weighted by Gasteiger charge is 2.32. The zero-order valence-electron chi connectivity index (χ0n) is 10.3. The average Bonchev–Trinajstić information content (AvgIpc) is 2.17. The first-order chi connectivity index (χ1) is 6.78. The fourth-order valence-electron chi connectivity index (χ4n) is 2.18. The Morgan fingerprint density at radius 3 is 2.13 bits per heavy atom. The van der Waals surface area contributed by atoms with Gasteiger partial charge in [-0.15, -0.1) is 0 Å². The van der Waals surface area contributed by atoms with E-state index in [-0.39, 0.29) is 11.8 Å². The Morgan fingerprint density at radius 1 is 1.27 bits per heavy atom. The molecule has 0 N–H and O–H groups in total. The van der Waals surface area contributed by atoms with Crippen LogP contribution in [0.5, 0.6) is 0 Å². The van der Waals surface area contributed by atoms with Gasteiger partial charge in [-0.25, -0.2) is 12.7 Å². The molecule has 0 saturated heterocycles. The van der Waals surface area contributed by atoms with Gasteiger partial charge in [0.25, 0.3) is 0 Å². The summed E-state index contributed by atoms with van der Waals surface area (Å²) in [6.07, 6.45) is 4.26. The molecule has 0 bridgehead atoms. The lowest BCUT2D eigenvalue weighted by Gasteiger charge is -2.37. The molecule has 90 valence electrons. The van der Waals surface area contributed by atoms with E-state index in [1.54, 1.807) is 18.3 Å². The molecule has 0 aromatic heterocycles. The number of nitrogens with zero attached hydrogens (tertiary/aromatic N) is 1. The Kier molecular flexibility index (Phi) is 3.82. The number of hydrogen-bond donors (Lipinski definition) is 0. The van der Waals surface area contributed by atoms with Gasteiger partial charge in [-0.05, 0) is 38.0 Å². The molecule has 1 fully saturated rings. The molecule has 4 heteroatoms. The van der Waals surface area contributed by atoms with Gasteiger partial charge in [-0.2, -0.15) is 0 Å². The van der Waals surface area contributed by atoms with Gasteiger partial charge in [0, 0.05) is 13.1 Å². The Hall–Kier alpha value is -0.0900. The highest BCUT2D eigenvalue weighted by atomic mass is 32.2. The molecule has 0 amide bonds. The zero-order valence-corrected chi connectivity index (χ0v) is 11.1. The topological polar surface area (TPSA) is 37.4 Å². The van der Waals surface area contributed by atoms with E-state index in [0.717, 1.165) is 25.7 Å². The summed E-state index contributed by atoms with van der Waals surface area (Å²) in [5, 5.41) is 0. The lowest BCUT2D eigenvalue weighted by molar-refractivity contribution is 0.174. The molecule has 0 aliphatic heterocycles. The van der Waals surface area contributed by atoms with Gasteiger partial charge in [0.15, 0.2) is 0 Å². The maximum atomic E-state index is 11.7. The summed E-state index contributed by atoms with van der Waals surface area (Å²) < 4.78 is 25.0. The van der Waals surface area contributed by atoms with Crippen LogP contribution in [0.1, 0.15) is 46.5 Å². The third-order valence-corrected chi connectivity index (χ3v) is 5.53. The van der Waals surface area contributed by atoms with Crippen molar-refractivity contribution in [1.29, 1.82) is 0 Å². The molecule has 0 spiro atoms. The van der Waals surface area contributed by atoms with Gasteiger partial charge >= 0.3 is 0 Å². The second-order valence-electron chi connectivity index (χ2n) is 5.31. The molecule has 1 saturated carbocycles. The smallest absolute Gasteiger partial charge is 0.212 e. The van der Waals surface area contributed by atoms with Crippen LogP contribution in [-0.2, 0) is 10.0 Å². The van der Waals surface area contributed by atoms with Crippen LogP contribution in [0.3, 0.4) is 0 Å². The van der Waals surface area contributed by atoms with Crippen molar-refractivity contribution in [1.82, 2.24) is 4.31 Å². The summed E-state index contributed by atoms with van der Waals surface area (Å²) in [7, 11) is -1.28. The maximum Gasteiger partial charge on any atom is 0.213 e. The summed E-state index contributed by atoms with van der Waals surface area (Å²) in [5.41, 5.74) is 0.396. The van der Waals surface area contributed by atoms with E-state index in [9.17, 15) is 8.42 Å². The molecular formula is C11H23NO2S. The van der Waals surface area contributed by atoms with Crippen LogP contribution in [0.2, 0.25) is 0 Å². The van der Waals surface area contributed by atoms with Crippen LogP contribution in [-0.4, -0.2) is 31.6 Å². The van der Waals surface area contributed by atoms with Crippen molar-refractivity contribution in [3.8, 4) is 0 Å². The summed E-state index contributed by atoms with van der Waals surface area (Å²) in [6.45, 7) is 6.23. The zero-order chi connectivity index (χ0) is 11.7. The molecule has 1 aliphatic rings. The standard InChI is InChI=1S/C11H23NO2S/c1-5-15(13,14)12(4)10-6-8-11(2,3)9-7-10/h10H,5-9H2,1-4H3. The van der Waals surface area contributed by atoms with Gasteiger partial charge in [0.1, 0.15) is 0 Å². The van der Waals surface area contributed by atoms with Gasteiger partial charge in [-0.1, -0.05) is 13.8 Å². The quantitative estimate of drug-likeness (QED) is 0.749. The molecule has 0 atom stereocenters. The molecule has 0 aromatic rings. The van der Waals surface area contributed by atoms with Crippen LogP contribution >= 0.6 is 0 Å². The van der Waals surface area contributed by atoms with Crippen molar-refractivity contribution in [2.45, 2.75) is 52.5 Å². The molecule has 0 unspecified atom stereocenters. The first kappa shape index (κ1) is 13.0. The van der Waals surface area contributed by atoms with Crippen molar-refractivity contribution in [2.75, 3.05) is 12.8 Å². The summed E-state index contributed by atoms with van der Waals surface area (Å²) in [6, 6.07) is 0.225. The molecule has 0 heterocycles. The van der Waals surface area contributed by atoms with Crippen molar-refractivity contribution < 1.29 is 8.42 Å². The SMILES string of the molecule is CCS(=O)(=O)N(C)C1CCC(C)(C)CC1. The maximum absolute atomic E-state index is 11.7. The van der Waals surface area contributed by atoms with E-state index in [2.05, 4.69) is 13.8 Å². The minimum atomic E-state index is -3.00. The molecule has 1 rings (SSSR count). The average molecular weight is 233 g/mol. The number of hydrogen-bond acceptors (Lipinski definition) is 2. The van der Waals surface area contributed by atoms with E-state index in [0.29, 0.717) is 5.41 Å². The van der Waals surface area contributed by atoms with Gasteiger partial charge in [0.2, 0.25) is 10.0 Å². The molecule has 15 heavy (non-hydrogen) atoms. The van der Waals surface area contributed by atoms with Crippen LogP contribution in [0.25, 0.3) is 0 Å². The molecular weight excluding hydrogens is 210 g/mol. The second-order valence-corrected chi connectivity index (χ2v) is 7.63. The van der Waals surface area contributed by atoms with Crippen LogP contribution in [0.15, 0.2) is 0 Å². The predicted octanol–water partition coefficient (Wildman–Crippen LogP) is 2.24. The highest BCUT2D eigenvalue weighted by Crippen LogP contribution is 2.37. The van der Waals surface area contributed by atoms with Crippen LogP contribution in [0.4, 0.5) is 0 Å². The Bertz CT molecular complexity index is 299. The highest BCUT2D eigenvalue weighted by molar-refractivity contribution is 7.89. The van der Waals surface area contributed by atoms with E-state index in [4.69, 9.17) is 0 Å². The van der Waals surface area contributed by atoms with Gasteiger partial charge < -0.3 is 0 Å². The van der Waals surface area contributed by atoms with Gasteiger partial charge in [-0.3, -0.25) is 0 Å².